The molecule has 24 heavy (non-hydrogen) atoms. The van der Waals surface area contributed by atoms with Gasteiger partial charge >= 0.3 is 11.9 Å². The predicted molar refractivity (Wildman–Crippen MR) is 86.3 cm³/mol. The van der Waals surface area contributed by atoms with Crippen LogP contribution in [0.1, 0.15) is 27.6 Å². The molecule has 2 aromatic carbocycles. The van der Waals surface area contributed by atoms with Gasteiger partial charge in [0.2, 0.25) is 0 Å². The summed E-state index contributed by atoms with van der Waals surface area (Å²) < 4.78 is 15.4. The van der Waals surface area contributed by atoms with E-state index < -0.39 is 11.9 Å². The van der Waals surface area contributed by atoms with Crippen molar-refractivity contribution < 1.29 is 28.9 Å². The molecule has 0 atom stereocenters. The number of carbonyl (C=O) groups excluding carboxylic acids is 2. The average molecular weight is 330 g/mol. The second-order valence-electron chi connectivity index (χ2n) is 4.74. The van der Waals surface area contributed by atoms with Crippen molar-refractivity contribution >= 4 is 11.9 Å². The third-order valence-electron chi connectivity index (χ3n) is 3.10. The Morgan fingerprint density at radius 3 is 2.29 bits per heavy atom. The molecule has 0 bridgehead atoms. The van der Waals surface area contributed by atoms with Gasteiger partial charge in [0.1, 0.15) is 29.2 Å². The number of phenols is 1. The minimum atomic E-state index is -0.761. The maximum atomic E-state index is 12.2. The second-order valence-corrected chi connectivity index (χ2v) is 4.74. The summed E-state index contributed by atoms with van der Waals surface area (Å²) >= 11 is 0. The van der Waals surface area contributed by atoms with Crippen molar-refractivity contribution in [3.05, 3.63) is 59.7 Å². The van der Waals surface area contributed by atoms with E-state index in [0.717, 1.165) is 0 Å². The molecule has 0 spiro atoms. The SMILES string of the molecule is CCOCCOC(=O)c1ccccc1OC(=O)c1ccccc1O. The van der Waals surface area contributed by atoms with Gasteiger partial charge in [-0.25, -0.2) is 9.59 Å². The van der Waals surface area contributed by atoms with Crippen LogP contribution in [0.2, 0.25) is 0 Å². The third-order valence-corrected chi connectivity index (χ3v) is 3.10. The molecule has 0 heterocycles. The molecule has 0 radical (unpaired) electrons. The van der Waals surface area contributed by atoms with Crippen LogP contribution in [0.3, 0.4) is 0 Å². The Labute approximate surface area is 139 Å². The number of benzene rings is 2. The molecule has 0 saturated carbocycles. The molecule has 6 heteroatoms. The van der Waals surface area contributed by atoms with Gasteiger partial charge in [-0.05, 0) is 31.2 Å². The number of rotatable bonds is 7. The Kier molecular flexibility index (Phi) is 6.33. The molecule has 6 nitrogen and oxygen atoms in total. The van der Waals surface area contributed by atoms with Gasteiger partial charge in [0, 0.05) is 6.61 Å². The van der Waals surface area contributed by atoms with Crippen molar-refractivity contribution in [2.45, 2.75) is 6.92 Å². The van der Waals surface area contributed by atoms with Crippen molar-refractivity contribution in [3.63, 3.8) is 0 Å². The zero-order valence-corrected chi connectivity index (χ0v) is 13.2. The Balaban J connectivity index is 2.10. The number of hydrogen-bond acceptors (Lipinski definition) is 6. The van der Waals surface area contributed by atoms with Crippen LogP contribution >= 0.6 is 0 Å². The maximum Gasteiger partial charge on any atom is 0.347 e. The lowest BCUT2D eigenvalue weighted by molar-refractivity contribution is 0.0332. The van der Waals surface area contributed by atoms with Gasteiger partial charge in [-0.3, -0.25) is 0 Å². The normalized spacial score (nSPS) is 10.2. The molecule has 0 amide bonds. The van der Waals surface area contributed by atoms with Crippen molar-refractivity contribution in [2.24, 2.45) is 0 Å². The molecule has 2 rings (SSSR count). The van der Waals surface area contributed by atoms with Gasteiger partial charge in [0.05, 0.1) is 6.61 Å². The van der Waals surface area contributed by atoms with Crippen LogP contribution in [0.5, 0.6) is 11.5 Å². The number of carbonyl (C=O) groups is 2. The maximum absolute atomic E-state index is 12.2. The zero-order chi connectivity index (χ0) is 17.4. The highest BCUT2D eigenvalue weighted by atomic mass is 16.6. The number of hydrogen-bond donors (Lipinski definition) is 1. The van der Waals surface area contributed by atoms with Crippen LogP contribution in [0.25, 0.3) is 0 Å². The lowest BCUT2D eigenvalue weighted by atomic mass is 10.2. The van der Waals surface area contributed by atoms with E-state index in [-0.39, 0.29) is 29.2 Å². The van der Waals surface area contributed by atoms with Crippen LogP contribution in [-0.2, 0) is 9.47 Å². The molecular formula is C18H18O6. The van der Waals surface area contributed by atoms with Gasteiger partial charge in [-0.15, -0.1) is 0 Å². The second kappa shape index (κ2) is 8.69. The van der Waals surface area contributed by atoms with E-state index in [9.17, 15) is 14.7 Å². The monoisotopic (exact) mass is 330 g/mol. The first kappa shape index (κ1) is 17.5. The fraction of sp³-hybridized carbons (Fsp3) is 0.222. The van der Waals surface area contributed by atoms with E-state index in [4.69, 9.17) is 14.2 Å². The summed E-state index contributed by atoms with van der Waals surface area (Å²) in [5.74, 6) is -1.51. The van der Waals surface area contributed by atoms with Gasteiger partial charge in [-0.2, -0.15) is 0 Å². The first-order valence-corrected chi connectivity index (χ1v) is 7.47. The van der Waals surface area contributed by atoms with Crippen molar-refractivity contribution in [2.75, 3.05) is 19.8 Å². The van der Waals surface area contributed by atoms with E-state index in [0.29, 0.717) is 13.2 Å². The standard InChI is InChI=1S/C18H18O6/c1-2-22-11-12-23-17(20)14-8-4-6-10-16(14)24-18(21)13-7-3-5-9-15(13)19/h3-10,19H,2,11-12H2,1H3. The number of esters is 2. The molecule has 0 aliphatic heterocycles. The largest absolute Gasteiger partial charge is 0.507 e. The van der Waals surface area contributed by atoms with Crippen LogP contribution in [0.15, 0.2) is 48.5 Å². The number of aromatic hydroxyl groups is 1. The minimum absolute atomic E-state index is 0.0111. The first-order chi connectivity index (χ1) is 11.6. The Hall–Kier alpha value is -2.86. The predicted octanol–water partition coefficient (Wildman–Crippen LogP) is 2.80. The van der Waals surface area contributed by atoms with Crippen LogP contribution < -0.4 is 4.74 Å². The number of para-hydroxylation sites is 2. The van der Waals surface area contributed by atoms with E-state index in [1.165, 1.54) is 24.3 Å². The summed E-state index contributed by atoms with van der Waals surface area (Å²) in [5.41, 5.74) is 0.134. The molecule has 1 N–H and O–H groups in total. The lowest BCUT2D eigenvalue weighted by Gasteiger charge is -2.10. The topological polar surface area (TPSA) is 82.1 Å². The molecule has 0 aromatic heterocycles. The highest BCUT2D eigenvalue weighted by molar-refractivity contribution is 5.97. The van der Waals surface area contributed by atoms with E-state index in [1.54, 1.807) is 24.3 Å². The molecular weight excluding hydrogens is 312 g/mol. The molecule has 0 saturated heterocycles. The molecule has 0 aliphatic rings. The summed E-state index contributed by atoms with van der Waals surface area (Å²) in [6, 6.07) is 12.2. The van der Waals surface area contributed by atoms with Crippen molar-refractivity contribution in [1.82, 2.24) is 0 Å². The highest BCUT2D eigenvalue weighted by Gasteiger charge is 2.18. The van der Waals surface area contributed by atoms with Crippen LogP contribution in [0.4, 0.5) is 0 Å². The van der Waals surface area contributed by atoms with E-state index in [2.05, 4.69) is 0 Å². The van der Waals surface area contributed by atoms with Crippen molar-refractivity contribution in [1.29, 1.82) is 0 Å². The molecule has 0 aliphatic carbocycles. The Morgan fingerprint density at radius 2 is 1.58 bits per heavy atom. The zero-order valence-electron chi connectivity index (χ0n) is 13.2. The van der Waals surface area contributed by atoms with Crippen LogP contribution in [0, 0.1) is 0 Å². The highest BCUT2D eigenvalue weighted by Crippen LogP contribution is 2.23. The fourth-order valence-corrected chi connectivity index (χ4v) is 1.94. The van der Waals surface area contributed by atoms with E-state index in [1.807, 2.05) is 6.92 Å². The van der Waals surface area contributed by atoms with Gasteiger partial charge in [0.25, 0.3) is 0 Å². The minimum Gasteiger partial charge on any atom is -0.507 e. The smallest absolute Gasteiger partial charge is 0.347 e. The Morgan fingerprint density at radius 1 is 0.917 bits per heavy atom. The van der Waals surface area contributed by atoms with Gasteiger partial charge in [-0.1, -0.05) is 24.3 Å². The molecule has 0 unspecified atom stereocenters. The van der Waals surface area contributed by atoms with Gasteiger partial charge < -0.3 is 19.3 Å². The van der Waals surface area contributed by atoms with E-state index >= 15 is 0 Å². The van der Waals surface area contributed by atoms with Gasteiger partial charge in [0.15, 0.2) is 0 Å². The lowest BCUT2D eigenvalue weighted by Crippen LogP contribution is -2.15. The Bertz CT molecular complexity index is 710. The summed E-state index contributed by atoms with van der Waals surface area (Å²) in [6.45, 7) is 2.78. The summed E-state index contributed by atoms with van der Waals surface area (Å²) in [5, 5.41) is 9.70. The molecule has 0 fully saturated rings. The third kappa shape index (κ3) is 4.57. The van der Waals surface area contributed by atoms with Crippen molar-refractivity contribution in [3.8, 4) is 11.5 Å². The summed E-state index contributed by atoms with van der Waals surface area (Å²) in [4.78, 5) is 24.2. The van der Waals surface area contributed by atoms with Crippen LogP contribution in [-0.4, -0.2) is 36.9 Å². The first-order valence-electron chi connectivity index (χ1n) is 7.47. The fourth-order valence-electron chi connectivity index (χ4n) is 1.94. The average Bonchev–Trinajstić information content (AvgIpc) is 2.59. The molecule has 2 aromatic rings. The summed E-state index contributed by atoms with van der Waals surface area (Å²) in [6.07, 6.45) is 0. The quantitative estimate of drug-likeness (QED) is 0.477. The summed E-state index contributed by atoms with van der Waals surface area (Å²) in [7, 11) is 0. The molecule has 126 valence electrons. The number of phenolic OH excluding ortho intramolecular Hbond substituents is 1. The number of ether oxygens (including phenoxy) is 3.